The molecule has 11 heteroatoms. The van der Waals surface area contributed by atoms with E-state index in [4.69, 9.17) is 29.4 Å². The summed E-state index contributed by atoms with van der Waals surface area (Å²) in [7, 11) is 0. The molecular formula is C25H37NO10. The van der Waals surface area contributed by atoms with Gasteiger partial charge in [0.05, 0.1) is 18.1 Å². The number of carboxylic acids is 1. The summed E-state index contributed by atoms with van der Waals surface area (Å²) < 4.78 is 25.9. The largest absolute Gasteiger partial charge is 0.514 e. The molecule has 0 saturated heterocycles. The van der Waals surface area contributed by atoms with Gasteiger partial charge in [0.25, 0.3) is 0 Å². The zero-order chi connectivity index (χ0) is 27.7. The molecule has 1 unspecified atom stereocenters. The van der Waals surface area contributed by atoms with Gasteiger partial charge in [-0.3, -0.25) is 9.59 Å². The Morgan fingerprint density at radius 3 is 1.72 bits per heavy atom. The predicted molar refractivity (Wildman–Crippen MR) is 129 cm³/mol. The molecule has 1 aromatic rings. The number of hydrogen-bond donors (Lipinski definition) is 2. The highest BCUT2D eigenvalue weighted by Gasteiger charge is 2.36. The maximum Gasteiger partial charge on any atom is 0.514 e. The fourth-order valence-corrected chi connectivity index (χ4v) is 3.22. The van der Waals surface area contributed by atoms with Gasteiger partial charge in [-0.25, -0.2) is 9.59 Å². The maximum absolute atomic E-state index is 12.2. The summed E-state index contributed by atoms with van der Waals surface area (Å²) in [4.78, 5) is 48.2. The van der Waals surface area contributed by atoms with E-state index in [1.165, 1.54) is 18.2 Å². The maximum atomic E-state index is 12.2. The number of hydrogen-bond acceptors (Lipinski definition) is 10. The summed E-state index contributed by atoms with van der Waals surface area (Å²) in [5.41, 5.74) is 6.38. The molecule has 0 radical (unpaired) electrons. The summed E-state index contributed by atoms with van der Waals surface area (Å²) in [6.45, 7) is 13.2. The van der Waals surface area contributed by atoms with E-state index in [1.807, 2.05) is 0 Å². The van der Waals surface area contributed by atoms with Crippen molar-refractivity contribution in [3.05, 3.63) is 23.8 Å². The van der Waals surface area contributed by atoms with Gasteiger partial charge in [0, 0.05) is 11.8 Å². The van der Waals surface area contributed by atoms with Crippen molar-refractivity contribution in [2.45, 2.75) is 85.7 Å². The summed E-state index contributed by atoms with van der Waals surface area (Å²) >= 11 is 0. The highest BCUT2D eigenvalue weighted by molar-refractivity contribution is 5.75. The molecule has 0 bridgehead atoms. The van der Waals surface area contributed by atoms with Crippen molar-refractivity contribution >= 4 is 24.2 Å². The first-order valence-corrected chi connectivity index (χ1v) is 11.7. The second-order valence-electron chi connectivity index (χ2n) is 9.29. The first-order chi connectivity index (χ1) is 16.6. The lowest BCUT2D eigenvalue weighted by Gasteiger charge is -2.32. The van der Waals surface area contributed by atoms with Crippen molar-refractivity contribution in [3.8, 4) is 11.5 Å². The van der Waals surface area contributed by atoms with Gasteiger partial charge < -0.3 is 34.5 Å². The summed E-state index contributed by atoms with van der Waals surface area (Å²) in [6, 6.07) is 2.75. The van der Waals surface area contributed by atoms with E-state index < -0.39 is 60.4 Å². The molecule has 0 spiro atoms. The molecule has 0 aromatic heterocycles. The Hall–Kier alpha value is -3.34. The summed E-state index contributed by atoms with van der Waals surface area (Å²) in [5.74, 6) is -3.90. The number of aliphatic carboxylic acids is 1. The standard InChI is InChI=1S/C25H37NO10/c1-12(2)23(29)34-16(8)15(7)20(21(26)22(27)28)17-9-10-18(35-24(30)32-13(3)4)19(11-17)36-25(31)33-14(5)6/h9-16,20-21H,26H2,1-8H3,(H,27,28)/t15-,16+,20?,21-/m0/s1. The fraction of sp³-hybridized carbons (Fsp3) is 0.600. The lowest BCUT2D eigenvalue weighted by Crippen LogP contribution is -2.43. The smallest absolute Gasteiger partial charge is 0.480 e. The Morgan fingerprint density at radius 2 is 1.28 bits per heavy atom. The van der Waals surface area contributed by atoms with Crippen molar-refractivity contribution in [3.63, 3.8) is 0 Å². The molecule has 202 valence electrons. The molecule has 0 fully saturated rings. The van der Waals surface area contributed by atoms with E-state index >= 15 is 0 Å². The number of ether oxygens (including phenoxy) is 5. The molecule has 11 nitrogen and oxygen atoms in total. The van der Waals surface area contributed by atoms with E-state index in [1.54, 1.807) is 55.4 Å². The second kappa shape index (κ2) is 13.7. The van der Waals surface area contributed by atoms with Crippen LogP contribution in [0.15, 0.2) is 18.2 Å². The van der Waals surface area contributed by atoms with Crippen LogP contribution in [0.2, 0.25) is 0 Å². The zero-order valence-corrected chi connectivity index (χ0v) is 22.0. The van der Waals surface area contributed by atoms with E-state index in [9.17, 15) is 24.3 Å². The van der Waals surface area contributed by atoms with E-state index in [0.29, 0.717) is 5.56 Å². The molecule has 4 atom stereocenters. The van der Waals surface area contributed by atoms with Crippen LogP contribution in [0.1, 0.15) is 66.9 Å². The molecular weight excluding hydrogens is 474 g/mol. The molecule has 3 N–H and O–H groups in total. The number of nitrogens with two attached hydrogens (primary N) is 1. The molecule has 0 amide bonds. The first kappa shape index (κ1) is 30.7. The Bertz CT molecular complexity index is 927. The van der Waals surface area contributed by atoms with Crippen LogP contribution in [-0.2, 0) is 23.8 Å². The molecule has 0 aliphatic heterocycles. The summed E-state index contributed by atoms with van der Waals surface area (Å²) in [6.07, 6.45) is -3.72. The minimum absolute atomic E-state index is 0.153. The Balaban J connectivity index is 3.47. The second-order valence-corrected chi connectivity index (χ2v) is 9.29. The normalized spacial score (nSPS) is 14.6. The number of esters is 1. The minimum Gasteiger partial charge on any atom is -0.480 e. The predicted octanol–water partition coefficient (Wildman–Crippen LogP) is 4.25. The lowest BCUT2D eigenvalue weighted by molar-refractivity contribution is -0.155. The van der Waals surface area contributed by atoms with E-state index in [2.05, 4.69) is 0 Å². The fourth-order valence-electron chi connectivity index (χ4n) is 3.22. The lowest BCUT2D eigenvalue weighted by atomic mass is 9.79. The van der Waals surface area contributed by atoms with Gasteiger partial charge in [0.2, 0.25) is 0 Å². The minimum atomic E-state index is -1.40. The molecule has 1 rings (SSSR count). The first-order valence-electron chi connectivity index (χ1n) is 11.7. The average Bonchev–Trinajstić information content (AvgIpc) is 2.73. The SMILES string of the molecule is CC(C)OC(=O)Oc1ccc(C([C@H](N)C(=O)O)[C@@H](C)[C@@H](C)OC(=O)C(C)C)cc1OC(=O)OC(C)C. The van der Waals surface area contributed by atoms with Crippen LogP contribution < -0.4 is 15.2 Å². The number of carbonyl (C=O) groups excluding carboxylic acids is 3. The van der Waals surface area contributed by atoms with Gasteiger partial charge in [-0.05, 0) is 52.3 Å². The monoisotopic (exact) mass is 511 g/mol. The van der Waals surface area contributed by atoms with Gasteiger partial charge in [-0.15, -0.1) is 0 Å². The molecule has 0 aliphatic carbocycles. The Kier molecular flexibility index (Phi) is 11.7. The van der Waals surface area contributed by atoms with Crippen molar-refractivity contribution in [2.75, 3.05) is 0 Å². The zero-order valence-electron chi connectivity index (χ0n) is 22.0. The average molecular weight is 512 g/mol. The number of rotatable bonds is 11. The summed E-state index contributed by atoms with van der Waals surface area (Å²) in [5, 5.41) is 9.66. The van der Waals surface area contributed by atoms with Gasteiger partial charge in [0.1, 0.15) is 12.1 Å². The van der Waals surface area contributed by atoms with Crippen molar-refractivity contribution < 1.29 is 48.0 Å². The van der Waals surface area contributed by atoms with Crippen LogP contribution in [0.25, 0.3) is 0 Å². The van der Waals surface area contributed by atoms with E-state index in [-0.39, 0.29) is 17.4 Å². The number of benzene rings is 1. The number of carbonyl (C=O) groups is 4. The van der Waals surface area contributed by atoms with Crippen LogP contribution in [0.3, 0.4) is 0 Å². The van der Waals surface area contributed by atoms with Gasteiger partial charge in [0.15, 0.2) is 11.5 Å². The third kappa shape index (κ3) is 9.37. The van der Waals surface area contributed by atoms with Gasteiger partial charge in [-0.2, -0.15) is 0 Å². The van der Waals surface area contributed by atoms with E-state index in [0.717, 1.165) is 0 Å². The van der Waals surface area contributed by atoms with Crippen LogP contribution in [0, 0.1) is 11.8 Å². The third-order valence-corrected chi connectivity index (χ3v) is 5.16. The number of carboxylic acid groups (broad SMARTS) is 1. The van der Waals surface area contributed by atoms with Crippen molar-refractivity contribution in [1.29, 1.82) is 0 Å². The van der Waals surface area contributed by atoms with Crippen LogP contribution in [-0.4, -0.2) is 53.7 Å². The molecule has 0 heterocycles. The molecule has 36 heavy (non-hydrogen) atoms. The topological polar surface area (TPSA) is 161 Å². The van der Waals surface area contributed by atoms with Gasteiger partial charge >= 0.3 is 24.2 Å². The Labute approximate surface area is 211 Å². The van der Waals surface area contributed by atoms with Crippen molar-refractivity contribution in [1.82, 2.24) is 0 Å². The quantitative estimate of drug-likeness (QED) is 0.248. The van der Waals surface area contributed by atoms with Crippen LogP contribution >= 0.6 is 0 Å². The van der Waals surface area contributed by atoms with Crippen molar-refractivity contribution in [2.24, 2.45) is 17.6 Å². The third-order valence-electron chi connectivity index (χ3n) is 5.16. The molecule has 0 saturated carbocycles. The van der Waals surface area contributed by atoms with Crippen LogP contribution in [0.5, 0.6) is 11.5 Å². The van der Waals surface area contributed by atoms with Gasteiger partial charge in [-0.1, -0.05) is 26.8 Å². The highest BCUT2D eigenvalue weighted by Crippen LogP contribution is 2.37. The van der Waals surface area contributed by atoms with Crippen LogP contribution in [0.4, 0.5) is 9.59 Å². The molecule has 0 aliphatic rings. The Morgan fingerprint density at radius 1 is 0.778 bits per heavy atom. The highest BCUT2D eigenvalue weighted by atomic mass is 16.7. The molecule has 1 aromatic carbocycles.